The van der Waals surface area contributed by atoms with Crippen molar-refractivity contribution in [1.29, 1.82) is 0 Å². The summed E-state index contributed by atoms with van der Waals surface area (Å²) in [4.78, 5) is 14.9. The highest BCUT2D eigenvalue weighted by atomic mass is 16.5. The van der Waals surface area contributed by atoms with Gasteiger partial charge in [0.25, 0.3) is 5.91 Å². The van der Waals surface area contributed by atoms with Crippen molar-refractivity contribution < 1.29 is 14.1 Å². The van der Waals surface area contributed by atoms with Gasteiger partial charge in [-0.05, 0) is 58.3 Å². The van der Waals surface area contributed by atoms with E-state index in [4.69, 9.17) is 9.26 Å². The SMILES string of the molecule is CNCC1CCN(C(=O)c2ccccc2OCc2c(C)noc2C)CC1. The van der Waals surface area contributed by atoms with Crippen LogP contribution in [-0.2, 0) is 6.61 Å². The molecule has 0 aliphatic carbocycles. The van der Waals surface area contributed by atoms with Crippen LogP contribution in [0.2, 0.25) is 0 Å². The highest BCUT2D eigenvalue weighted by molar-refractivity contribution is 5.97. The Hall–Kier alpha value is -2.34. The molecule has 6 nitrogen and oxygen atoms in total. The minimum Gasteiger partial charge on any atom is -0.488 e. The highest BCUT2D eigenvalue weighted by Crippen LogP contribution is 2.25. The summed E-state index contributed by atoms with van der Waals surface area (Å²) in [7, 11) is 1.98. The van der Waals surface area contributed by atoms with Crippen LogP contribution < -0.4 is 10.1 Å². The molecule has 0 radical (unpaired) electrons. The molecule has 6 heteroatoms. The third-order valence-electron chi connectivity index (χ3n) is 5.07. The molecule has 1 amide bonds. The van der Waals surface area contributed by atoms with Gasteiger partial charge in [0.15, 0.2) is 0 Å². The fourth-order valence-corrected chi connectivity index (χ4v) is 3.43. The Bertz CT molecular complexity index is 729. The van der Waals surface area contributed by atoms with Crippen molar-refractivity contribution >= 4 is 5.91 Å². The standard InChI is InChI=1S/C20H27N3O3/c1-14-18(15(2)26-22-14)13-25-19-7-5-4-6-17(19)20(24)23-10-8-16(9-11-23)12-21-3/h4-7,16,21H,8-13H2,1-3H3. The van der Waals surface area contributed by atoms with E-state index in [0.29, 0.717) is 23.8 Å². The van der Waals surface area contributed by atoms with Crippen molar-refractivity contribution in [3.8, 4) is 5.75 Å². The van der Waals surface area contributed by atoms with Gasteiger partial charge in [0.2, 0.25) is 0 Å². The van der Waals surface area contributed by atoms with Gasteiger partial charge in [-0.15, -0.1) is 0 Å². The zero-order chi connectivity index (χ0) is 18.5. The summed E-state index contributed by atoms with van der Waals surface area (Å²) in [6.07, 6.45) is 2.07. The summed E-state index contributed by atoms with van der Waals surface area (Å²) < 4.78 is 11.1. The minimum atomic E-state index is 0.0438. The Labute approximate surface area is 154 Å². The lowest BCUT2D eigenvalue weighted by molar-refractivity contribution is 0.0686. The maximum atomic E-state index is 13.0. The molecule has 140 valence electrons. The fourth-order valence-electron chi connectivity index (χ4n) is 3.43. The zero-order valence-corrected chi connectivity index (χ0v) is 15.7. The normalized spacial score (nSPS) is 15.3. The topological polar surface area (TPSA) is 67.6 Å². The predicted molar refractivity (Wildman–Crippen MR) is 99.3 cm³/mol. The predicted octanol–water partition coefficient (Wildman–Crippen LogP) is 2.94. The van der Waals surface area contributed by atoms with E-state index in [1.54, 1.807) is 0 Å². The maximum Gasteiger partial charge on any atom is 0.257 e. The number of nitrogens with one attached hydrogen (secondary N) is 1. The Kier molecular flexibility index (Phi) is 5.93. The van der Waals surface area contributed by atoms with E-state index in [2.05, 4.69) is 10.5 Å². The van der Waals surface area contributed by atoms with Crippen LogP contribution in [0.3, 0.4) is 0 Å². The summed E-state index contributed by atoms with van der Waals surface area (Å²) in [5.74, 6) is 2.05. The third-order valence-corrected chi connectivity index (χ3v) is 5.07. The molecule has 1 N–H and O–H groups in total. The van der Waals surface area contributed by atoms with Crippen molar-refractivity contribution in [3.63, 3.8) is 0 Å². The van der Waals surface area contributed by atoms with Gasteiger partial charge in [-0.25, -0.2) is 0 Å². The molecule has 1 fully saturated rings. The van der Waals surface area contributed by atoms with E-state index in [1.165, 1.54) is 0 Å². The molecule has 26 heavy (non-hydrogen) atoms. The van der Waals surface area contributed by atoms with Crippen molar-refractivity contribution in [3.05, 3.63) is 46.8 Å². The number of nitrogens with zero attached hydrogens (tertiary/aromatic N) is 2. The molecule has 1 saturated heterocycles. The van der Waals surface area contributed by atoms with Gasteiger partial charge in [0, 0.05) is 13.1 Å². The maximum absolute atomic E-state index is 13.0. The average molecular weight is 357 g/mol. The van der Waals surface area contributed by atoms with Crippen LogP contribution in [0.5, 0.6) is 5.75 Å². The Morgan fingerprint density at radius 1 is 1.31 bits per heavy atom. The number of ether oxygens (including phenoxy) is 1. The third kappa shape index (κ3) is 4.07. The smallest absolute Gasteiger partial charge is 0.257 e. The Balaban J connectivity index is 1.68. The van der Waals surface area contributed by atoms with E-state index in [9.17, 15) is 4.79 Å². The van der Waals surface area contributed by atoms with E-state index in [0.717, 1.165) is 49.5 Å². The van der Waals surface area contributed by atoms with Crippen LogP contribution in [0.25, 0.3) is 0 Å². The molecular formula is C20H27N3O3. The Morgan fingerprint density at radius 2 is 2.04 bits per heavy atom. The second kappa shape index (κ2) is 8.36. The first-order valence-corrected chi connectivity index (χ1v) is 9.17. The molecule has 1 aliphatic rings. The number of benzene rings is 1. The van der Waals surface area contributed by atoms with Crippen LogP contribution in [0, 0.1) is 19.8 Å². The number of aromatic nitrogens is 1. The first kappa shape index (κ1) is 18.5. The molecule has 1 aliphatic heterocycles. The molecule has 0 saturated carbocycles. The molecule has 0 unspecified atom stereocenters. The number of piperidine rings is 1. The van der Waals surface area contributed by atoms with Crippen molar-refractivity contribution in [2.24, 2.45) is 5.92 Å². The van der Waals surface area contributed by atoms with Gasteiger partial charge in [-0.3, -0.25) is 4.79 Å². The molecule has 1 aromatic carbocycles. The second-order valence-electron chi connectivity index (χ2n) is 6.88. The van der Waals surface area contributed by atoms with Gasteiger partial charge in [-0.2, -0.15) is 0 Å². The number of hydrogen-bond donors (Lipinski definition) is 1. The number of hydrogen-bond acceptors (Lipinski definition) is 5. The summed E-state index contributed by atoms with van der Waals surface area (Å²) in [5.41, 5.74) is 2.37. The second-order valence-corrected chi connectivity index (χ2v) is 6.88. The molecule has 0 bridgehead atoms. The summed E-state index contributed by atoms with van der Waals surface area (Å²) in [5, 5.41) is 7.17. The minimum absolute atomic E-state index is 0.0438. The van der Waals surface area contributed by atoms with Gasteiger partial charge in [-0.1, -0.05) is 17.3 Å². The molecule has 1 aromatic heterocycles. The van der Waals surface area contributed by atoms with Crippen LogP contribution in [0.15, 0.2) is 28.8 Å². The number of rotatable bonds is 6. The van der Waals surface area contributed by atoms with E-state index < -0.39 is 0 Å². The molecule has 0 spiro atoms. The number of para-hydroxylation sites is 1. The lowest BCUT2D eigenvalue weighted by Gasteiger charge is -2.32. The summed E-state index contributed by atoms with van der Waals surface area (Å²) in [6.45, 7) is 6.70. The summed E-state index contributed by atoms with van der Waals surface area (Å²) in [6, 6.07) is 7.45. The van der Waals surface area contributed by atoms with Gasteiger partial charge >= 0.3 is 0 Å². The van der Waals surface area contributed by atoms with Gasteiger partial charge < -0.3 is 19.5 Å². The molecular weight excluding hydrogens is 330 g/mol. The van der Waals surface area contributed by atoms with E-state index >= 15 is 0 Å². The number of likely N-dealkylation sites (tertiary alicyclic amines) is 1. The van der Waals surface area contributed by atoms with Crippen LogP contribution in [0.1, 0.15) is 40.2 Å². The Morgan fingerprint density at radius 3 is 2.69 bits per heavy atom. The monoisotopic (exact) mass is 357 g/mol. The molecule has 0 atom stereocenters. The molecule has 3 rings (SSSR count). The average Bonchev–Trinajstić information content (AvgIpc) is 2.98. The number of carbonyl (C=O) groups is 1. The fraction of sp³-hybridized carbons (Fsp3) is 0.500. The van der Waals surface area contributed by atoms with E-state index in [-0.39, 0.29) is 5.91 Å². The zero-order valence-electron chi connectivity index (χ0n) is 15.7. The van der Waals surface area contributed by atoms with Crippen molar-refractivity contribution in [2.45, 2.75) is 33.3 Å². The number of carbonyl (C=O) groups excluding carboxylic acids is 1. The van der Waals surface area contributed by atoms with Crippen LogP contribution in [0.4, 0.5) is 0 Å². The van der Waals surface area contributed by atoms with Crippen molar-refractivity contribution in [1.82, 2.24) is 15.4 Å². The largest absolute Gasteiger partial charge is 0.488 e. The first-order valence-electron chi connectivity index (χ1n) is 9.17. The number of aryl methyl sites for hydroxylation is 2. The van der Waals surface area contributed by atoms with Gasteiger partial charge in [0.05, 0.1) is 16.8 Å². The van der Waals surface area contributed by atoms with Crippen molar-refractivity contribution in [2.75, 3.05) is 26.7 Å². The molecule has 2 aromatic rings. The molecule has 2 heterocycles. The van der Waals surface area contributed by atoms with Gasteiger partial charge in [0.1, 0.15) is 18.1 Å². The first-order chi connectivity index (χ1) is 12.6. The summed E-state index contributed by atoms with van der Waals surface area (Å²) >= 11 is 0. The number of amides is 1. The highest BCUT2D eigenvalue weighted by Gasteiger charge is 2.25. The quantitative estimate of drug-likeness (QED) is 0.861. The lowest BCUT2D eigenvalue weighted by atomic mass is 9.96. The van der Waals surface area contributed by atoms with Crippen LogP contribution >= 0.6 is 0 Å². The van der Waals surface area contributed by atoms with Crippen LogP contribution in [-0.4, -0.2) is 42.6 Å². The lowest BCUT2D eigenvalue weighted by Crippen LogP contribution is -2.40. The van der Waals surface area contributed by atoms with E-state index in [1.807, 2.05) is 50.1 Å².